The number of halogens is 1. The summed E-state index contributed by atoms with van der Waals surface area (Å²) in [6.07, 6.45) is 0. The second kappa shape index (κ2) is 6.29. The lowest BCUT2D eigenvalue weighted by atomic mass is 10.2. The van der Waals surface area contributed by atoms with Crippen molar-refractivity contribution < 1.29 is 9.47 Å². The zero-order chi connectivity index (χ0) is 14.5. The van der Waals surface area contributed by atoms with E-state index in [9.17, 15) is 0 Å². The van der Waals surface area contributed by atoms with Crippen molar-refractivity contribution in [1.82, 2.24) is 9.97 Å². The van der Waals surface area contributed by atoms with E-state index in [0.29, 0.717) is 29.0 Å². The molecule has 0 amide bonds. The molecule has 2 rings (SSSR count). The maximum atomic E-state index is 5.81. The van der Waals surface area contributed by atoms with Crippen LogP contribution in [-0.4, -0.2) is 24.2 Å². The molecule has 3 N–H and O–H groups in total. The molecular formula is C13H15ClN4O2. The van der Waals surface area contributed by atoms with Gasteiger partial charge in [0.05, 0.1) is 14.2 Å². The highest BCUT2D eigenvalue weighted by Gasteiger charge is 2.05. The number of anilines is 2. The molecule has 6 nitrogen and oxygen atoms in total. The van der Waals surface area contributed by atoms with Gasteiger partial charge in [0.1, 0.15) is 11.0 Å². The summed E-state index contributed by atoms with van der Waals surface area (Å²) in [7, 11) is 3.20. The number of benzene rings is 1. The molecule has 0 fully saturated rings. The van der Waals surface area contributed by atoms with Gasteiger partial charge in [-0.15, -0.1) is 0 Å². The van der Waals surface area contributed by atoms with E-state index in [-0.39, 0.29) is 5.95 Å². The lowest BCUT2D eigenvalue weighted by Crippen LogP contribution is -2.04. The minimum atomic E-state index is 0.132. The van der Waals surface area contributed by atoms with E-state index in [1.165, 1.54) is 0 Å². The van der Waals surface area contributed by atoms with Gasteiger partial charge in [-0.1, -0.05) is 17.7 Å². The predicted octanol–water partition coefficient (Wildman–Crippen LogP) is 2.34. The van der Waals surface area contributed by atoms with Crippen molar-refractivity contribution in [2.75, 3.05) is 25.3 Å². The van der Waals surface area contributed by atoms with Crippen molar-refractivity contribution >= 4 is 23.4 Å². The fourth-order valence-electron chi connectivity index (χ4n) is 1.71. The third-order valence-electron chi connectivity index (χ3n) is 2.63. The van der Waals surface area contributed by atoms with Gasteiger partial charge in [-0.2, -0.15) is 4.98 Å². The molecule has 1 aromatic carbocycles. The van der Waals surface area contributed by atoms with E-state index < -0.39 is 0 Å². The Hall–Kier alpha value is -2.21. The summed E-state index contributed by atoms with van der Waals surface area (Å²) in [6.45, 7) is 0.549. The zero-order valence-corrected chi connectivity index (χ0v) is 11.9. The van der Waals surface area contributed by atoms with Crippen molar-refractivity contribution in [2.45, 2.75) is 6.54 Å². The minimum Gasteiger partial charge on any atom is -0.493 e. The molecule has 106 valence electrons. The van der Waals surface area contributed by atoms with Crippen LogP contribution < -0.4 is 20.5 Å². The standard InChI is InChI=1S/C13H15ClN4O2/c1-19-9-4-3-8(5-10(9)20-2)7-16-12-6-11(14)17-13(15)18-12/h3-6H,7H2,1-2H3,(H3,15,16,17,18). The normalized spacial score (nSPS) is 10.2. The predicted molar refractivity (Wildman–Crippen MR) is 78.3 cm³/mol. The summed E-state index contributed by atoms with van der Waals surface area (Å²) in [5.74, 6) is 2.06. The molecule has 0 spiro atoms. The third-order valence-corrected chi connectivity index (χ3v) is 2.83. The second-order valence-electron chi connectivity index (χ2n) is 3.98. The van der Waals surface area contributed by atoms with Crippen LogP contribution >= 0.6 is 11.6 Å². The Balaban J connectivity index is 2.10. The molecule has 0 aliphatic carbocycles. The number of ether oxygens (including phenoxy) is 2. The van der Waals surface area contributed by atoms with E-state index in [1.54, 1.807) is 20.3 Å². The fourth-order valence-corrected chi connectivity index (χ4v) is 1.90. The van der Waals surface area contributed by atoms with Crippen molar-refractivity contribution in [3.8, 4) is 11.5 Å². The SMILES string of the molecule is COc1ccc(CNc2cc(Cl)nc(N)n2)cc1OC. The molecule has 2 aromatic rings. The monoisotopic (exact) mass is 294 g/mol. The number of hydrogen-bond donors (Lipinski definition) is 2. The summed E-state index contributed by atoms with van der Waals surface area (Å²) in [5, 5.41) is 3.42. The first-order chi connectivity index (χ1) is 9.62. The summed E-state index contributed by atoms with van der Waals surface area (Å²) >= 11 is 5.81. The largest absolute Gasteiger partial charge is 0.493 e. The smallest absolute Gasteiger partial charge is 0.223 e. The summed E-state index contributed by atoms with van der Waals surface area (Å²) < 4.78 is 10.4. The first kappa shape index (κ1) is 14.2. The molecule has 0 bridgehead atoms. The first-order valence-corrected chi connectivity index (χ1v) is 6.25. The Morgan fingerprint density at radius 2 is 1.90 bits per heavy atom. The van der Waals surface area contributed by atoms with Crippen LogP contribution in [0.15, 0.2) is 24.3 Å². The Labute approximate surface area is 121 Å². The molecule has 0 aliphatic heterocycles. The van der Waals surface area contributed by atoms with Crippen LogP contribution in [-0.2, 0) is 6.54 Å². The van der Waals surface area contributed by atoms with Crippen LogP contribution in [0.5, 0.6) is 11.5 Å². The van der Waals surface area contributed by atoms with E-state index in [4.69, 9.17) is 26.8 Å². The van der Waals surface area contributed by atoms with Gasteiger partial charge in [-0.25, -0.2) is 4.98 Å². The van der Waals surface area contributed by atoms with Crippen LogP contribution in [0.25, 0.3) is 0 Å². The van der Waals surface area contributed by atoms with Gasteiger partial charge < -0.3 is 20.5 Å². The van der Waals surface area contributed by atoms with Crippen LogP contribution in [0.3, 0.4) is 0 Å². The number of nitrogen functional groups attached to an aromatic ring is 1. The molecule has 0 saturated heterocycles. The van der Waals surface area contributed by atoms with E-state index in [1.807, 2.05) is 18.2 Å². The Morgan fingerprint density at radius 1 is 1.15 bits per heavy atom. The first-order valence-electron chi connectivity index (χ1n) is 5.87. The highest BCUT2D eigenvalue weighted by molar-refractivity contribution is 6.29. The minimum absolute atomic E-state index is 0.132. The Bertz CT molecular complexity index is 587. The number of nitrogens with zero attached hydrogens (tertiary/aromatic N) is 2. The Kier molecular flexibility index (Phi) is 4.47. The van der Waals surface area contributed by atoms with Crippen molar-refractivity contribution in [3.63, 3.8) is 0 Å². The van der Waals surface area contributed by atoms with Gasteiger partial charge in [0.25, 0.3) is 0 Å². The average molecular weight is 295 g/mol. The van der Waals surface area contributed by atoms with Crippen molar-refractivity contribution in [1.29, 1.82) is 0 Å². The molecule has 0 atom stereocenters. The van der Waals surface area contributed by atoms with Crippen LogP contribution in [0, 0.1) is 0 Å². The van der Waals surface area contributed by atoms with E-state index in [0.717, 1.165) is 5.56 Å². The second-order valence-corrected chi connectivity index (χ2v) is 4.36. The number of hydrogen-bond acceptors (Lipinski definition) is 6. The molecule has 0 saturated carbocycles. The maximum Gasteiger partial charge on any atom is 0.223 e. The summed E-state index contributed by atoms with van der Waals surface area (Å²) in [5.41, 5.74) is 6.54. The van der Waals surface area contributed by atoms with Gasteiger partial charge in [0.15, 0.2) is 11.5 Å². The summed E-state index contributed by atoms with van der Waals surface area (Å²) in [6, 6.07) is 7.27. The number of aromatic nitrogens is 2. The van der Waals surface area contributed by atoms with Gasteiger partial charge in [-0.3, -0.25) is 0 Å². The number of rotatable bonds is 5. The van der Waals surface area contributed by atoms with E-state index >= 15 is 0 Å². The highest BCUT2D eigenvalue weighted by atomic mass is 35.5. The fraction of sp³-hybridized carbons (Fsp3) is 0.231. The molecular weight excluding hydrogens is 280 g/mol. The lowest BCUT2D eigenvalue weighted by molar-refractivity contribution is 0.354. The number of nitrogens with two attached hydrogens (primary N) is 1. The third kappa shape index (κ3) is 3.42. The molecule has 1 aromatic heterocycles. The van der Waals surface area contributed by atoms with Gasteiger partial charge in [0, 0.05) is 12.6 Å². The van der Waals surface area contributed by atoms with Crippen molar-refractivity contribution in [2.24, 2.45) is 0 Å². The average Bonchev–Trinajstić information content (AvgIpc) is 2.43. The van der Waals surface area contributed by atoms with Crippen LogP contribution in [0.2, 0.25) is 5.15 Å². The lowest BCUT2D eigenvalue weighted by Gasteiger charge is -2.10. The molecule has 0 unspecified atom stereocenters. The number of methoxy groups -OCH3 is 2. The zero-order valence-electron chi connectivity index (χ0n) is 11.2. The summed E-state index contributed by atoms with van der Waals surface area (Å²) in [4.78, 5) is 7.84. The van der Waals surface area contributed by atoms with Gasteiger partial charge in [-0.05, 0) is 17.7 Å². The molecule has 0 radical (unpaired) electrons. The number of nitrogens with one attached hydrogen (secondary N) is 1. The van der Waals surface area contributed by atoms with E-state index in [2.05, 4.69) is 15.3 Å². The van der Waals surface area contributed by atoms with Gasteiger partial charge >= 0.3 is 0 Å². The molecule has 7 heteroatoms. The highest BCUT2D eigenvalue weighted by Crippen LogP contribution is 2.27. The topological polar surface area (TPSA) is 82.3 Å². The molecule has 20 heavy (non-hydrogen) atoms. The van der Waals surface area contributed by atoms with Crippen LogP contribution in [0.1, 0.15) is 5.56 Å². The van der Waals surface area contributed by atoms with Crippen LogP contribution in [0.4, 0.5) is 11.8 Å². The molecule has 0 aliphatic rings. The van der Waals surface area contributed by atoms with Gasteiger partial charge in [0.2, 0.25) is 5.95 Å². The van der Waals surface area contributed by atoms with Crippen molar-refractivity contribution in [3.05, 3.63) is 35.0 Å². The maximum absolute atomic E-state index is 5.81. The quantitative estimate of drug-likeness (QED) is 0.824. The Morgan fingerprint density at radius 3 is 2.55 bits per heavy atom. The molecule has 1 heterocycles.